The number of nitrogens with one attached hydrogen (secondary N) is 1. The minimum atomic E-state index is -0.831. The van der Waals surface area contributed by atoms with E-state index in [4.69, 9.17) is 0 Å². The van der Waals surface area contributed by atoms with Crippen LogP contribution in [0.15, 0.2) is 18.2 Å². The fraction of sp³-hybridized carbons (Fsp3) is 0.273. The second-order valence-corrected chi connectivity index (χ2v) is 3.45. The molecule has 0 saturated carbocycles. The molecule has 0 spiro atoms. The summed E-state index contributed by atoms with van der Waals surface area (Å²) in [6.07, 6.45) is -0.587. The number of halogens is 1. The zero-order valence-electron chi connectivity index (χ0n) is 10.0. The number of carbonyl (C=O) groups excluding carboxylic acids is 2. The van der Waals surface area contributed by atoms with Crippen molar-refractivity contribution in [1.82, 2.24) is 0 Å². The SMILES string of the molecule is CCOC(=O)CC(=O)Nc1cc([N+](=O)[O-])ccc1F. The topological polar surface area (TPSA) is 98.5 Å². The van der Waals surface area contributed by atoms with Gasteiger partial charge in [-0.15, -0.1) is 0 Å². The Morgan fingerprint density at radius 1 is 1.47 bits per heavy atom. The van der Waals surface area contributed by atoms with Crippen molar-refractivity contribution in [3.8, 4) is 0 Å². The van der Waals surface area contributed by atoms with Crippen LogP contribution in [-0.4, -0.2) is 23.4 Å². The van der Waals surface area contributed by atoms with Crippen LogP contribution in [0, 0.1) is 15.9 Å². The highest BCUT2D eigenvalue weighted by molar-refractivity contribution is 6.02. The lowest BCUT2D eigenvalue weighted by molar-refractivity contribution is -0.384. The van der Waals surface area contributed by atoms with E-state index >= 15 is 0 Å². The van der Waals surface area contributed by atoms with Gasteiger partial charge in [0, 0.05) is 12.1 Å². The third kappa shape index (κ3) is 4.34. The van der Waals surface area contributed by atoms with Crippen molar-refractivity contribution in [2.45, 2.75) is 13.3 Å². The number of nitrogens with zero attached hydrogens (tertiary/aromatic N) is 1. The lowest BCUT2D eigenvalue weighted by Gasteiger charge is -2.06. The monoisotopic (exact) mass is 270 g/mol. The van der Waals surface area contributed by atoms with Gasteiger partial charge in [0.25, 0.3) is 5.69 Å². The first-order chi connectivity index (χ1) is 8.93. The molecule has 0 fully saturated rings. The largest absolute Gasteiger partial charge is 0.466 e. The minimum Gasteiger partial charge on any atom is -0.466 e. The lowest BCUT2D eigenvalue weighted by Crippen LogP contribution is -2.18. The average molecular weight is 270 g/mol. The molecular formula is C11H11FN2O5. The molecule has 0 bridgehead atoms. The van der Waals surface area contributed by atoms with Crippen LogP contribution in [0.25, 0.3) is 0 Å². The summed E-state index contributed by atoms with van der Waals surface area (Å²) in [4.78, 5) is 32.2. The van der Waals surface area contributed by atoms with Crippen LogP contribution in [0.4, 0.5) is 15.8 Å². The molecule has 0 aliphatic heterocycles. The van der Waals surface area contributed by atoms with Crippen molar-refractivity contribution in [2.24, 2.45) is 0 Å². The van der Waals surface area contributed by atoms with Gasteiger partial charge in [-0.1, -0.05) is 0 Å². The van der Waals surface area contributed by atoms with Crippen LogP contribution >= 0.6 is 0 Å². The number of carbonyl (C=O) groups is 2. The molecule has 1 N–H and O–H groups in total. The van der Waals surface area contributed by atoms with Crippen molar-refractivity contribution >= 4 is 23.3 Å². The smallest absolute Gasteiger partial charge is 0.315 e. The molecule has 0 unspecified atom stereocenters. The maximum absolute atomic E-state index is 13.3. The molecule has 1 aromatic carbocycles. The van der Waals surface area contributed by atoms with Gasteiger partial charge in [-0.25, -0.2) is 4.39 Å². The molecule has 0 aromatic heterocycles. The molecule has 0 aliphatic carbocycles. The van der Waals surface area contributed by atoms with Crippen molar-refractivity contribution < 1.29 is 23.6 Å². The lowest BCUT2D eigenvalue weighted by atomic mass is 10.2. The number of esters is 1. The first-order valence-corrected chi connectivity index (χ1v) is 5.33. The molecule has 1 rings (SSSR count). The van der Waals surface area contributed by atoms with Gasteiger partial charge >= 0.3 is 5.97 Å². The van der Waals surface area contributed by atoms with Crippen LogP contribution < -0.4 is 5.32 Å². The van der Waals surface area contributed by atoms with E-state index < -0.39 is 29.0 Å². The molecule has 0 radical (unpaired) electrons. The summed E-state index contributed by atoms with van der Waals surface area (Å²) in [5.74, 6) is -2.40. The Morgan fingerprint density at radius 2 is 2.16 bits per heavy atom. The fourth-order valence-corrected chi connectivity index (χ4v) is 1.26. The van der Waals surface area contributed by atoms with E-state index in [2.05, 4.69) is 10.1 Å². The van der Waals surface area contributed by atoms with E-state index in [-0.39, 0.29) is 18.0 Å². The third-order valence-corrected chi connectivity index (χ3v) is 2.05. The zero-order chi connectivity index (χ0) is 14.4. The number of rotatable bonds is 5. The van der Waals surface area contributed by atoms with Gasteiger partial charge in [0.15, 0.2) is 0 Å². The highest BCUT2D eigenvalue weighted by Crippen LogP contribution is 2.21. The van der Waals surface area contributed by atoms with E-state index in [9.17, 15) is 24.1 Å². The number of benzene rings is 1. The van der Waals surface area contributed by atoms with Gasteiger partial charge in [0.1, 0.15) is 12.2 Å². The predicted octanol–water partition coefficient (Wildman–Crippen LogP) is 1.63. The maximum atomic E-state index is 13.3. The van der Waals surface area contributed by atoms with Gasteiger partial charge in [-0.05, 0) is 13.0 Å². The molecule has 0 saturated heterocycles. The Labute approximate surface area is 107 Å². The molecule has 0 atom stereocenters. The Hall–Kier alpha value is -2.51. The van der Waals surface area contributed by atoms with Crippen molar-refractivity contribution in [1.29, 1.82) is 0 Å². The van der Waals surface area contributed by atoms with Crippen molar-refractivity contribution in [3.63, 3.8) is 0 Å². The summed E-state index contributed by atoms with van der Waals surface area (Å²) in [6, 6.07) is 2.70. The molecule has 1 aromatic rings. The standard InChI is InChI=1S/C11H11FN2O5/c1-2-19-11(16)6-10(15)13-9-5-7(14(17)18)3-4-8(9)12/h3-5H,2,6H2,1H3,(H,13,15). The van der Waals surface area contributed by atoms with E-state index in [0.29, 0.717) is 0 Å². The van der Waals surface area contributed by atoms with Crippen LogP contribution in [0.5, 0.6) is 0 Å². The summed E-state index contributed by atoms with van der Waals surface area (Å²) in [5, 5.41) is 12.6. The number of hydrogen-bond acceptors (Lipinski definition) is 5. The maximum Gasteiger partial charge on any atom is 0.315 e. The highest BCUT2D eigenvalue weighted by atomic mass is 19.1. The Morgan fingerprint density at radius 3 is 2.74 bits per heavy atom. The van der Waals surface area contributed by atoms with Crippen LogP contribution in [0.3, 0.4) is 0 Å². The second kappa shape index (κ2) is 6.43. The fourth-order valence-electron chi connectivity index (χ4n) is 1.26. The normalized spacial score (nSPS) is 9.79. The number of nitro groups is 1. The van der Waals surface area contributed by atoms with Crippen LogP contribution in [0.1, 0.15) is 13.3 Å². The average Bonchev–Trinajstić information content (AvgIpc) is 2.31. The molecule has 0 heterocycles. The number of nitro benzene ring substituents is 1. The van der Waals surface area contributed by atoms with E-state index in [1.807, 2.05) is 0 Å². The molecule has 19 heavy (non-hydrogen) atoms. The number of ether oxygens (including phenoxy) is 1. The summed E-state index contributed by atoms with van der Waals surface area (Å²) in [7, 11) is 0. The summed E-state index contributed by atoms with van der Waals surface area (Å²) in [6.45, 7) is 1.70. The predicted molar refractivity (Wildman–Crippen MR) is 62.9 cm³/mol. The van der Waals surface area contributed by atoms with Gasteiger partial charge in [-0.2, -0.15) is 0 Å². The van der Waals surface area contributed by atoms with Crippen molar-refractivity contribution in [2.75, 3.05) is 11.9 Å². The highest BCUT2D eigenvalue weighted by Gasteiger charge is 2.15. The molecule has 0 aliphatic rings. The first-order valence-electron chi connectivity index (χ1n) is 5.33. The Kier molecular flexibility index (Phi) is 4.92. The zero-order valence-corrected chi connectivity index (χ0v) is 10.0. The number of anilines is 1. The Balaban J connectivity index is 2.76. The van der Waals surface area contributed by atoms with Crippen molar-refractivity contribution in [3.05, 3.63) is 34.1 Å². The Bertz CT molecular complexity index is 518. The number of hydrogen-bond donors (Lipinski definition) is 1. The van der Waals surface area contributed by atoms with Crippen LogP contribution in [-0.2, 0) is 14.3 Å². The molecule has 1 amide bonds. The van der Waals surface area contributed by atoms with E-state index in [1.165, 1.54) is 0 Å². The quantitative estimate of drug-likeness (QED) is 0.379. The van der Waals surface area contributed by atoms with E-state index in [1.54, 1.807) is 6.92 Å². The van der Waals surface area contributed by atoms with Gasteiger partial charge < -0.3 is 10.1 Å². The van der Waals surface area contributed by atoms with Gasteiger partial charge in [-0.3, -0.25) is 19.7 Å². The number of non-ortho nitro benzene ring substituents is 1. The minimum absolute atomic E-state index is 0.122. The number of amides is 1. The van der Waals surface area contributed by atoms with E-state index in [0.717, 1.165) is 18.2 Å². The second-order valence-electron chi connectivity index (χ2n) is 3.45. The van der Waals surface area contributed by atoms with Gasteiger partial charge in [0.2, 0.25) is 5.91 Å². The first kappa shape index (κ1) is 14.6. The molecular weight excluding hydrogens is 259 g/mol. The summed E-state index contributed by atoms with van der Waals surface area (Å²) >= 11 is 0. The summed E-state index contributed by atoms with van der Waals surface area (Å²) < 4.78 is 17.9. The molecule has 8 heteroatoms. The molecule has 102 valence electrons. The van der Waals surface area contributed by atoms with Crippen LogP contribution in [0.2, 0.25) is 0 Å². The van der Waals surface area contributed by atoms with Gasteiger partial charge in [0.05, 0.1) is 17.2 Å². The summed E-state index contributed by atoms with van der Waals surface area (Å²) in [5.41, 5.74) is -0.726. The molecule has 7 nitrogen and oxygen atoms in total. The third-order valence-electron chi connectivity index (χ3n) is 2.05.